The Bertz CT molecular complexity index is 543. The number of sulfonamides is 1. The van der Waals surface area contributed by atoms with E-state index in [0.717, 1.165) is 0 Å². The maximum absolute atomic E-state index is 11.6. The third-order valence-electron chi connectivity index (χ3n) is 3.16. The van der Waals surface area contributed by atoms with Crippen molar-refractivity contribution in [3.63, 3.8) is 0 Å². The molecule has 1 aromatic rings. The van der Waals surface area contributed by atoms with Crippen LogP contribution in [-0.2, 0) is 10.0 Å². The topological polar surface area (TPSA) is 84.4 Å². The molecule has 1 aliphatic heterocycles. The maximum Gasteiger partial charge on any atom is 0.234 e. The fraction of sp³-hybridized carbons (Fsp3) is 0.667. The highest BCUT2D eigenvalue weighted by molar-refractivity contribution is 7.89. The van der Waals surface area contributed by atoms with Gasteiger partial charge in [0.25, 0.3) is 0 Å². The van der Waals surface area contributed by atoms with Gasteiger partial charge in [-0.2, -0.15) is 4.98 Å². The van der Waals surface area contributed by atoms with Gasteiger partial charge >= 0.3 is 0 Å². The van der Waals surface area contributed by atoms with Crippen molar-refractivity contribution in [2.45, 2.75) is 13.8 Å². The number of nitrogens with one attached hydrogen (secondary N) is 1. The Kier molecular flexibility index (Phi) is 4.77. The lowest BCUT2D eigenvalue weighted by atomic mass is 10.0. The zero-order valence-electron chi connectivity index (χ0n) is 11.7. The van der Waals surface area contributed by atoms with Crippen LogP contribution in [0.25, 0.3) is 0 Å². The molecular weight excluding hydrogens is 280 g/mol. The van der Waals surface area contributed by atoms with Gasteiger partial charge in [0, 0.05) is 25.6 Å². The summed E-state index contributed by atoms with van der Waals surface area (Å²) in [6.07, 6.45) is 3.19. The van der Waals surface area contributed by atoms with E-state index in [-0.39, 0.29) is 5.75 Å². The Labute approximate surface area is 119 Å². The molecular formula is C12H20N4O3S. The minimum absolute atomic E-state index is 0.162. The van der Waals surface area contributed by atoms with Crippen molar-refractivity contribution in [3.8, 4) is 5.88 Å². The fourth-order valence-electron chi connectivity index (χ4n) is 1.96. The summed E-state index contributed by atoms with van der Waals surface area (Å²) in [4.78, 5) is 8.29. The van der Waals surface area contributed by atoms with Gasteiger partial charge in [-0.15, -0.1) is 0 Å². The van der Waals surface area contributed by atoms with Crippen LogP contribution in [0.4, 0.5) is 5.82 Å². The first kappa shape index (κ1) is 15.0. The second-order valence-corrected chi connectivity index (χ2v) is 6.90. The van der Waals surface area contributed by atoms with Crippen LogP contribution in [0.2, 0.25) is 0 Å². The van der Waals surface area contributed by atoms with Crippen LogP contribution in [-0.4, -0.2) is 54.7 Å². The number of nitrogens with zero attached hydrogens (tertiary/aromatic N) is 3. The van der Waals surface area contributed by atoms with Crippen molar-refractivity contribution in [2.24, 2.45) is 5.92 Å². The fourth-order valence-corrected chi connectivity index (χ4v) is 3.20. The van der Waals surface area contributed by atoms with E-state index in [2.05, 4.69) is 15.3 Å². The molecule has 0 bridgehead atoms. The van der Waals surface area contributed by atoms with Gasteiger partial charge in [0.15, 0.2) is 0 Å². The third-order valence-corrected chi connectivity index (χ3v) is 4.97. The van der Waals surface area contributed by atoms with E-state index in [1.165, 1.54) is 4.31 Å². The molecule has 2 rings (SSSR count). The predicted molar refractivity (Wildman–Crippen MR) is 76.2 cm³/mol. The number of aromatic nitrogens is 2. The van der Waals surface area contributed by atoms with Crippen molar-refractivity contribution in [1.29, 1.82) is 0 Å². The quantitative estimate of drug-likeness (QED) is 0.792. The maximum atomic E-state index is 11.6. The smallest absolute Gasteiger partial charge is 0.234 e. The number of anilines is 1. The van der Waals surface area contributed by atoms with Crippen LogP contribution in [0, 0.1) is 5.92 Å². The molecule has 0 saturated carbocycles. The van der Waals surface area contributed by atoms with Gasteiger partial charge in [0.2, 0.25) is 15.9 Å². The molecule has 0 atom stereocenters. The minimum Gasteiger partial charge on any atom is -0.477 e. The van der Waals surface area contributed by atoms with E-state index >= 15 is 0 Å². The first-order valence-corrected chi connectivity index (χ1v) is 8.32. The molecule has 0 amide bonds. The average Bonchev–Trinajstić information content (AvgIpc) is 2.37. The molecule has 20 heavy (non-hydrogen) atoms. The number of hydrogen-bond donors (Lipinski definition) is 1. The molecule has 0 radical (unpaired) electrons. The Morgan fingerprint density at radius 3 is 2.80 bits per heavy atom. The summed E-state index contributed by atoms with van der Waals surface area (Å²) < 4.78 is 30.0. The summed E-state index contributed by atoms with van der Waals surface area (Å²) in [7, 11) is -3.03. The van der Waals surface area contributed by atoms with Gasteiger partial charge in [-0.3, -0.25) is 4.98 Å². The summed E-state index contributed by atoms with van der Waals surface area (Å²) in [5, 5.41) is 3.16. The SMILES string of the molecule is CCOc1cncc(NCC2CN(S(=O)(=O)CC)C2)n1. The molecule has 1 aliphatic rings. The van der Waals surface area contributed by atoms with Gasteiger partial charge in [0.1, 0.15) is 5.82 Å². The summed E-state index contributed by atoms with van der Waals surface area (Å²) in [5.74, 6) is 1.61. The zero-order valence-corrected chi connectivity index (χ0v) is 12.6. The van der Waals surface area contributed by atoms with Gasteiger partial charge in [-0.25, -0.2) is 12.7 Å². The van der Waals surface area contributed by atoms with Crippen LogP contribution in [0.3, 0.4) is 0 Å². The summed E-state index contributed by atoms with van der Waals surface area (Å²) in [5.41, 5.74) is 0. The third kappa shape index (κ3) is 3.57. The van der Waals surface area contributed by atoms with Crippen molar-refractivity contribution in [1.82, 2.24) is 14.3 Å². The molecule has 8 heteroatoms. The Hall–Kier alpha value is -1.41. The molecule has 0 unspecified atom stereocenters. The normalized spacial score (nSPS) is 16.7. The lowest BCUT2D eigenvalue weighted by Crippen LogP contribution is -2.52. The van der Waals surface area contributed by atoms with Crippen molar-refractivity contribution in [3.05, 3.63) is 12.4 Å². The molecule has 2 heterocycles. The van der Waals surface area contributed by atoms with E-state index < -0.39 is 10.0 Å². The van der Waals surface area contributed by atoms with Crippen LogP contribution >= 0.6 is 0 Å². The van der Waals surface area contributed by atoms with E-state index in [1.54, 1.807) is 19.3 Å². The highest BCUT2D eigenvalue weighted by Gasteiger charge is 2.34. The second-order valence-electron chi connectivity index (χ2n) is 4.64. The molecule has 1 saturated heterocycles. The molecule has 0 aromatic carbocycles. The van der Waals surface area contributed by atoms with Crippen LogP contribution in [0.5, 0.6) is 5.88 Å². The van der Waals surface area contributed by atoms with Crippen LogP contribution < -0.4 is 10.1 Å². The Morgan fingerprint density at radius 2 is 2.15 bits per heavy atom. The first-order chi connectivity index (χ1) is 9.55. The van der Waals surface area contributed by atoms with Crippen LogP contribution in [0.1, 0.15) is 13.8 Å². The molecule has 1 fully saturated rings. The van der Waals surface area contributed by atoms with Crippen LogP contribution in [0.15, 0.2) is 12.4 Å². The molecule has 7 nitrogen and oxygen atoms in total. The Balaban J connectivity index is 1.79. The number of hydrogen-bond acceptors (Lipinski definition) is 6. The monoisotopic (exact) mass is 300 g/mol. The average molecular weight is 300 g/mol. The summed E-state index contributed by atoms with van der Waals surface area (Å²) in [6.45, 7) is 5.92. The number of rotatable bonds is 7. The zero-order chi connectivity index (χ0) is 14.6. The van der Waals surface area contributed by atoms with Crippen molar-refractivity contribution >= 4 is 15.8 Å². The molecule has 0 spiro atoms. The summed E-state index contributed by atoms with van der Waals surface area (Å²) in [6, 6.07) is 0. The molecule has 1 aromatic heterocycles. The highest BCUT2D eigenvalue weighted by Crippen LogP contribution is 2.20. The molecule has 1 N–H and O–H groups in total. The van der Waals surface area contributed by atoms with E-state index in [1.807, 2.05) is 6.92 Å². The lowest BCUT2D eigenvalue weighted by Gasteiger charge is -2.37. The van der Waals surface area contributed by atoms with Crippen molar-refractivity contribution in [2.75, 3.05) is 37.3 Å². The first-order valence-electron chi connectivity index (χ1n) is 6.71. The van der Waals surface area contributed by atoms with E-state index in [0.29, 0.717) is 43.9 Å². The predicted octanol–water partition coefficient (Wildman–Crippen LogP) is 0.569. The standard InChI is InChI=1S/C12H20N4O3S/c1-3-19-12-7-13-6-11(15-12)14-5-10-8-16(9-10)20(17,18)4-2/h6-7,10H,3-5,8-9H2,1-2H3,(H,14,15). The largest absolute Gasteiger partial charge is 0.477 e. The van der Waals surface area contributed by atoms with Crippen molar-refractivity contribution < 1.29 is 13.2 Å². The summed E-state index contributed by atoms with van der Waals surface area (Å²) >= 11 is 0. The number of ether oxygens (including phenoxy) is 1. The molecule has 0 aliphatic carbocycles. The highest BCUT2D eigenvalue weighted by atomic mass is 32.2. The lowest BCUT2D eigenvalue weighted by molar-refractivity contribution is 0.212. The Morgan fingerprint density at radius 1 is 1.40 bits per heavy atom. The van der Waals surface area contributed by atoms with Gasteiger partial charge < -0.3 is 10.1 Å². The van der Waals surface area contributed by atoms with E-state index in [4.69, 9.17) is 4.74 Å². The second kappa shape index (κ2) is 6.36. The van der Waals surface area contributed by atoms with Gasteiger partial charge in [-0.1, -0.05) is 0 Å². The molecule has 112 valence electrons. The minimum atomic E-state index is -3.03. The van der Waals surface area contributed by atoms with E-state index in [9.17, 15) is 8.42 Å². The van der Waals surface area contributed by atoms with Gasteiger partial charge in [0.05, 0.1) is 24.8 Å². The van der Waals surface area contributed by atoms with Gasteiger partial charge in [-0.05, 0) is 13.8 Å².